The minimum absolute atomic E-state index is 0.0198. The summed E-state index contributed by atoms with van der Waals surface area (Å²) in [7, 11) is 1.82. The van der Waals surface area contributed by atoms with Gasteiger partial charge in [-0.3, -0.25) is 14.5 Å². The van der Waals surface area contributed by atoms with Crippen LogP contribution in [0.2, 0.25) is 0 Å². The first-order valence-corrected chi connectivity index (χ1v) is 11.1. The zero-order chi connectivity index (χ0) is 25.0. The lowest BCUT2D eigenvalue weighted by Gasteiger charge is -2.17. The Bertz CT molecular complexity index is 1500. The van der Waals surface area contributed by atoms with Crippen LogP contribution >= 0.6 is 0 Å². The number of nitrogens with zero attached hydrogens (tertiary/aromatic N) is 4. The fourth-order valence-corrected chi connectivity index (χ4v) is 4.44. The number of hydrogen-bond acceptors (Lipinski definition) is 5. The molecule has 1 saturated heterocycles. The zero-order valence-electron chi connectivity index (χ0n) is 20.5. The van der Waals surface area contributed by atoms with Crippen LogP contribution in [0.25, 0.3) is 22.0 Å². The van der Waals surface area contributed by atoms with Crippen molar-refractivity contribution in [3.8, 4) is 16.9 Å². The Morgan fingerprint density at radius 2 is 2.18 bits per heavy atom. The molecule has 0 saturated carbocycles. The highest BCUT2D eigenvalue weighted by molar-refractivity contribution is 5.98. The molecule has 2 aliphatic rings. The third-order valence-corrected chi connectivity index (χ3v) is 6.15. The largest absolute Gasteiger partial charge is 0.486 e. The van der Waals surface area contributed by atoms with Gasteiger partial charge in [-0.15, -0.1) is 0 Å². The number of fused-ring (bicyclic) bond motifs is 2. The van der Waals surface area contributed by atoms with Gasteiger partial charge < -0.3 is 14.4 Å². The summed E-state index contributed by atoms with van der Waals surface area (Å²) in [5.41, 5.74) is 2.59. The van der Waals surface area contributed by atoms with Crippen LogP contribution in [0.5, 0.6) is 5.75 Å². The van der Waals surface area contributed by atoms with Gasteiger partial charge in [0, 0.05) is 43.4 Å². The van der Waals surface area contributed by atoms with E-state index in [9.17, 15) is 4.79 Å². The molecule has 1 atom stereocenters. The lowest BCUT2D eigenvalue weighted by Crippen LogP contribution is -2.23. The number of rotatable bonds is 5. The average molecular weight is 461 g/mol. The second-order valence-corrected chi connectivity index (χ2v) is 8.49. The molecule has 0 radical (unpaired) electrons. The molecular formula is C26H23FN4O3. The van der Waals surface area contributed by atoms with Gasteiger partial charge in [0.15, 0.2) is 0 Å². The average Bonchev–Trinajstić information content (AvgIpc) is 3.56. The Balaban J connectivity index is 1.31. The minimum atomic E-state index is -2.12. The first kappa shape index (κ1) is 18.6. The molecule has 0 unspecified atom stereocenters. The smallest absolute Gasteiger partial charge is 0.256 e. The summed E-state index contributed by atoms with van der Waals surface area (Å²) >= 11 is 0. The Morgan fingerprint density at radius 3 is 2.97 bits per heavy atom. The van der Waals surface area contributed by atoms with E-state index >= 15 is 4.39 Å². The summed E-state index contributed by atoms with van der Waals surface area (Å²) in [4.78, 5) is 17.9. The third-order valence-electron chi connectivity index (χ3n) is 6.15. The molecule has 0 bridgehead atoms. The van der Waals surface area contributed by atoms with Gasteiger partial charge in [-0.2, -0.15) is 5.10 Å². The molecule has 2 aromatic heterocycles. The first-order chi connectivity index (χ1) is 17.3. The van der Waals surface area contributed by atoms with Crippen LogP contribution in [-0.4, -0.2) is 44.9 Å². The summed E-state index contributed by atoms with van der Waals surface area (Å²) in [6.45, 7) is -1.12. The summed E-state index contributed by atoms with van der Waals surface area (Å²) in [6, 6.07) is 11.6. The van der Waals surface area contributed by atoms with E-state index < -0.39 is 18.2 Å². The molecule has 8 heteroatoms. The molecule has 7 nitrogen and oxygen atoms in total. The maximum Gasteiger partial charge on any atom is 0.256 e. The molecule has 2 aromatic carbocycles. The van der Waals surface area contributed by atoms with Crippen LogP contribution < -0.4 is 4.74 Å². The number of aromatic nitrogens is 3. The second-order valence-electron chi connectivity index (χ2n) is 8.49. The molecular weight excluding hydrogens is 435 g/mol. The topological polar surface area (TPSA) is 69.5 Å². The number of hydrogen-bond donors (Lipinski definition) is 0. The van der Waals surface area contributed by atoms with E-state index in [1.807, 2.05) is 25.4 Å². The molecule has 0 N–H and O–H groups in total. The fraction of sp³-hybridized carbons (Fsp3) is 0.269. The van der Waals surface area contributed by atoms with Crippen LogP contribution in [-0.2, 0) is 24.8 Å². The predicted molar refractivity (Wildman–Crippen MR) is 124 cm³/mol. The highest BCUT2D eigenvalue weighted by Crippen LogP contribution is 2.35. The normalized spacial score (nSPS) is 19.9. The lowest BCUT2D eigenvalue weighted by atomic mass is 9.99. The van der Waals surface area contributed by atoms with E-state index in [2.05, 4.69) is 10.1 Å². The number of carbonyl (C=O) groups is 1. The van der Waals surface area contributed by atoms with E-state index in [1.54, 1.807) is 22.9 Å². The molecule has 6 rings (SSSR count). The van der Waals surface area contributed by atoms with E-state index in [1.165, 1.54) is 18.3 Å². The van der Waals surface area contributed by atoms with Gasteiger partial charge >= 0.3 is 0 Å². The van der Waals surface area contributed by atoms with Crippen molar-refractivity contribution in [2.75, 3.05) is 13.2 Å². The van der Waals surface area contributed by atoms with Crippen LogP contribution in [0.15, 0.2) is 54.9 Å². The Morgan fingerprint density at radius 1 is 1.26 bits per heavy atom. The van der Waals surface area contributed by atoms with Crippen molar-refractivity contribution in [1.29, 1.82) is 0 Å². The van der Waals surface area contributed by atoms with Gasteiger partial charge in [-0.25, -0.2) is 4.39 Å². The Kier molecular flexibility index (Phi) is 4.50. The summed E-state index contributed by atoms with van der Waals surface area (Å²) in [5.74, 6) is -0.378. The molecule has 172 valence electrons. The molecule has 1 amide bonds. The number of carbonyl (C=O) groups excluding carboxylic acids is 1. The maximum atomic E-state index is 15.3. The van der Waals surface area contributed by atoms with Crippen molar-refractivity contribution in [2.45, 2.75) is 25.6 Å². The van der Waals surface area contributed by atoms with Gasteiger partial charge in [0.05, 0.1) is 33.7 Å². The van der Waals surface area contributed by atoms with Crippen LogP contribution in [0.4, 0.5) is 4.39 Å². The van der Waals surface area contributed by atoms with Gasteiger partial charge in [0.1, 0.15) is 23.2 Å². The Labute approximate surface area is 198 Å². The van der Waals surface area contributed by atoms with Crippen LogP contribution in [0, 0.1) is 5.82 Å². The fourth-order valence-electron chi connectivity index (χ4n) is 4.44. The predicted octanol–water partition coefficient (Wildman–Crippen LogP) is 4.10. The van der Waals surface area contributed by atoms with E-state index in [0.29, 0.717) is 30.0 Å². The second kappa shape index (κ2) is 8.22. The van der Waals surface area contributed by atoms with Crippen LogP contribution in [0.3, 0.4) is 0 Å². The third kappa shape index (κ3) is 3.60. The highest BCUT2D eigenvalue weighted by Gasteiger charge is 2.28. The molecule has 0 spiro atoms. The summed E-state index contributed by atoms with van der Waals surface area (Å²) < 4.78 is 45.3. The zero-order valence-corrected chi connectivity index (χ0v) is 18.5. The number of aryl methyl sites for hydroxylation is 1. The van der Waals surface area contributed by atoms with E-state index in [4.69, 9.17) is 12.2 Å². The van der Waals surface area contributed by atoms with Gasteiger partial charge in [-0.05, 0) is 41.5 Å². The molecule has 4 heterocycles. The molecule has 1 fully saturated rings. The molecule has 34 heavy (non-hydrogen) atoms. The van der Waals surface area contributed by atoms with E-state index in [0.717, 1.165) is 22.3 Å². The van der Waals surface area contributed by atoms with Gasteiger partial charge in [-0.1, -0.05) is 12.1 Å². The quantitative estimate of drug-likeness (QED) is 0.449. The number of ether oxygens (including phenoxy) is 2. The SMILES string of the molecule is [2H]C1([2H])c2ncccc2C(=O)N1Cc1ccc(-c2ccc(O[C@H]3CCOC3)c3nn(C)cc23)cc1F. The van der Waals surface area contributed by atoms with Crippen molar-refractivity contribution in [2.24, 2.45) is 7.05 Å². The van der Waals surface area contributed by atoms with Crippen molar-refractivity contribution >= 4 is 16.8 Å². The number of halogens is 1. The number of pyridine rings is 1. The number of benzene rings is 2. The monoisotopic (exact) mass is 460 g/mol. The molecule has 0 aliphatic carbocycles. The van der Waals surface area contributed by atoms with Gasteiger partial charge in [0.2, 0.25) is 0 Å². The summed E-state index contributed by atoms with van der Waals surface area (Å²) in [6.07, 6.45) is 4.12. The number of amides is 1. The molecule has 4 aromatic rings. The van der Waals surface area contributed by atoms with Crippen molar-refractivity contribution in [1.82, 2.24) is 19.7 Å². The maximum absolute atomic E-state index is 15.3. The summed E-state index contributed by atoms with van der Waals surface area (Å²) in [5, 5.41) is 5.39. The van der Waals surface area contributed by atoms with E-state index in [-0.39, 0.29) is 29.5 Å². The molecule has 2 aliphatic heterocycles. The minimum Gasteiger partial charge on any atom is -0.486 e. The lowest BCUT2D eigenvalue weighted by molar-refractivity contribution is 0.0765. The highest BCUT2D eigenvalue weighted by atomic mass is 19.1. The van der Waals surface area contributed by atoms with Crippen molar-refractivity contribution in [3.05, 3.63) is 77.5 Å². The van der Waals surface area contributed by atoms with Crippen molar-refractivity contribution in [3.63, 3.8) is 0 Å². The Hall–Kier alpha value is -3.78. The standard InChI is InChI=1S/C26H23FN4O3/c1-30-13-21-19(6-7-24(25(21)29-30)34-18-8-10-33-15-18)16-4-5-17(22(27)11-16)12-31-14-23-20(26(31)32)3-2-9-28-23/h2-7,9,11,13,18H,8,10,12,14-15H2,1H3/t18-/m0/s1/i14D2. The van der Waals surface area contributed by atoms with Crippen LogP contribution in [0.1, 0.15) is 30.8 Å². The van der Waals surface area contributed by atoms with Crippen molar-refractivity contribution < 1.29 is 21.4 Å². The van der Waals surface area contributed by atoms with Gasteiger partial charge in [0.25, 0.3) is 5.91 Å². The first-order valence-electron chi connectivity index (χ1n) is 12.1.